The molecule has 2 saturated heterocycles. The number of anilines is 4. The first-order valence-electron chi connectivity index (χ1n) is 16.7. The number of carbonyl (C=O) groups is 3. The SMILES string of the molecule is Cc1cnc(N2CC3(CCOCC3)C2)c(C(=O)Nc2ccc(C(=O)N3CCc4cc(C(=O)Nc5c(O)cccc5F)sc4-c4sccc43)cc2)c1. The average molecular weight is 724 g/mol. The number of pyridine rings is 1. The predicted octanol–water partition coefficient (Wildman–Crippen LogP) is 7.35. The lowest BCUT2D eigenvalue weighted by molar-refractivity contribution is -0.000511. The van der Waals surface area contributed by atoms with Crippen molar-refractivity contribution in [1.29, 1.82) is 0 Å². The van der Waals surface area contributed by atoms with Crippen molar-refractivity contribution < 1.29 is 28.6 Å². The summed E-state index contributed by atoms with van der Waals surface area (Å²) in [7, 11) is 0. The van der Waals surface area contributed by atoms with Crippen LogP contribution in [0.4, 0.5) is 27.3 Å². The number of fused-ring (bicyclic) bond motifs is 3. The second-order valence-corrected chi connectivity index (χ2v) is 15.2. The number of hydrogen-bond donors (Lipinski definition) is 3. The van der Waals surface area contributed by atoms with Gasteiger partial charge in [0.05, 0.1) is 25.9 Å². The number of thiophene rings is 2. The van der Waals surface area contributed by atoms with Gasteiger partial charge in [0.2, 0.25) is 0 Å². The van der Waals surface area contributed by atoms with E-state index in [0.717, 1.165) is 65.7 Å². The first-order valence-corrected chi connectivity index (χ1v) is 18.4. The molecule has 3 aliphatic heterocycles. The Morgan fingerprint density at radius 2 is 1.76 bits per heavy atom. The van der Waals surface area contributed by atoms with Crippen LogP contribution in [0.25, 0.3) is 9.75 Å². The van der Waals surface area contributed by atoms with Crippen LogP contribution in [0.15, 0.2) is 72.2 Å². The molecule has 1 spiro atoms. The van der Waals surface area contributed by atoms with Gasteiger partial charge in [0.15, 0.2) is 5.82 Å². The van der Waals surface area contributed by atoms with E-state index in [1.54, 1.807) is 41.4 Å². The number of aromatic nitrogens is 1. The average Bonchev–Trinajstić information content (AvgIpc) is 3.74. The van der Waals surface area contributed by atoms with Crippen molar-refractivity contribution >= 4 is 63.3 Å². The Labute approximate surface area is 301 Å². The van der Waals surface area contributed by atoms with Crippen LogP contribution in [-0.2, 0) is 11.2 Å². The third-order valence-electron chi connectivity index (χ3n) is 9.80. The standard InChI is InChI=1S/C38H34FN5O5S2/c1-22-17-26(34(40-19-22)43-20-38(21-43)11-14-49-15-12-38)35(46)41-25-7-5-23(6-8-25)37(48)44-13-9-24-18-30(51-32(24)33-28(44)10-16-50-33)36(47)42-31-27(39)3-2-4-29(31)45/h2-8,10,16-19,45H,9,11-15,20-21H2,1H3,(H,41,46)(H,42,47). The van der Waals surface area contributed by atoms with Gasteiger partial charge in [0, 0.05) is 55.7 Å². The second kappa shape index (κ2) is 13.2. The number of phenols is 1. The van der Waals surface area contributed by atoms with Crippen LogP contribution in [0.3, 0.4) is 0 Å². The molecule has 0 aliphatic carbocycles. The first kappa shape index (κ1) is 33.1. The summed E-state index contributed by atoms with van der Waals surface area (Å²) in [5.74, 6) is -1.36. The van der Waals surface area contributed by atoms with E-state index in [1.165, 1.54) is 40.9 Å². The molecule has 0 atom stereocenters. The smallest absolute Gasteiger partial charge is 0.265 e. The monoisotopic (exact) mass is 723 g/mol. The van der Waals surface area contributed by atoms with Crippen LogP contribution in [0.1, 0.15) is 54.4 Å². The van der Waals surface area contributed by atoms with Crippen LogP contribution in [0.2, 0.25) is 0 Å². The lowest BCUT2D eigenvalue weighted by atomic mass is 9.73. The minimum absolute atomic E-state index is 0.180. The number of phenolic OH excluding ortho intramolecular Hbond substituents is 1. The fourth-order valence-corrected chi connectivity index (χ4v) is 9.24. The van der Waals surface area contributed by atoms with Crippen molar-refractivity contribution in [3.8, 4) is 15.5 Å². The maximum Gasteiger partial charge on any atom is 0.265 e. The van der Waals surface area contributed by atoms with Gasteiger partial charge in [-0.3, -0.25) is 14.4 Å². The van der Waals surface area contributed by atoms with Crippen LogP contribution in [0.5, 0.6) is 5.75 Å². The van der Waals surface area contributed by atoms with Crippen molar-refractivity contribution in [2.75, 3.05) is 53.3 Å². The summed E-state index contributed by atoms with van der Waals surface area (Å²) >= 11 is 2.75. The molecule has 10 nitrogen and oxygen atoms in total. The highest BCUT2D eigenvalue weighted by Gasteiger charge is 2.45. The summed E-state index contributed by atoms with van der Waals surface area (Å²) in [5.41, 5.74) is 4.08. The fourth-order valence-electron chi connectivity index (χ4n) is 7.04. The number of aryl methyl sites for hydroxylation is 1. The Hall–Kier alpha value is -5.11. The maximum atomic E-state index is 14.3. The van der Waals surface area contributed by atoms with Gasteiger partial charge in [-0.25, -0.2) is 9.37 Å². The highest BCUT2D eigenvalue weighted by molar-refractivity contribution is 7.23. The lowest BCUT2D eigenvalue weighted by Gasteiger charge is -2.53. The van der Waals surface area contributed by atoms with Crippen molar-refractivity contribution in [1.82, 2.24) is 4.98 Å². The molecular formula is C38H34FN5O5S2. The van der Waals surface area contributed by atoms with Gasteiger partial charge in [0.25, 0.3) is 17.7 Å². The molecule has 51 heavy (non-hydrogen) atoms. The number of benzene rings is 2. The number of amides is 3. The molecule has 3 aromatic heterocycles. The van der Waals surface area contributed by atoms with E-state index in [2.05, 4.69) is 20.5 Å². The zero-order valence-electron chi connectivity index (χ0n) is 27.7. The molecule has 260 valence electrons. The summed E-state index contributed by atoms with van der Waals surface area (Å²) in [5, 5.41) is 17.4. The predicted molar refractivity (Wildman–Crippen MR) is 197 cm³/mol. The summed E-state index contributed by atoms with van der Waals surface area (Å²) in [6.45, 7) is 5.57. The summed E-state index contributed by atoms with van der Waals surface area (Å²) in [4.78, 5) is 51.2. The maximum absolute atomic E-state index is 14.3. The number of para-hydroxylation sites is 1. The van der Waals surface area contributed by atoms with Crippen LogP contribution in [0, 0.1) is 18.2 Å². The number of halogens is 1. The summed E-state index contributed by atoms with van der Waals surface area (Å²) in [6, 6.07) is 16.3. The molecular weight excluding hydrogens is 690 g/mol. The van der Waals surface area contributed by atoms with Gasteiger partial charge in [-0.1, -0.05) is 6.07 Å². The molecule has 0 radical (unpaired) electrons. The number of hydrogen-bond acceptors (Lipinski definition) is 9. The van der Waals surface area contributed by atoms with Crippen LogP contribution >= 0.6 is 22.7 Å². The van der Waals surface area contributed by atoms with E-state index in [1.807, 2.05) is 24.4 Å². The largest absolute Gasteiger partial charge is 0.506 e. The first-order chi connectivity index (χ1) is 24.7. The van der Waals surface area contributed by atoms with Gasteiger partial charge >= 0.3 is 0 Å². The molecule has 3 amide bonds. The van der Waals surface area contributed by atoms with E-state index >= 15 is 0 Å². The Morgan fingerprint density at radius 1 is 0.980 bits per heavy atom. The number of rotatable bonds is 6. The molecule has 8 rings (SSSR count). The van der Waals surface area contributed by atoms with Crippen molar-refractivity contribution in [2.24, 2.45) is 5.41 Å². The molecule has 6 heterocycles. The van der Waals surface area contributed by atoms with E-state index in [-0.39, 0.29) is 28.7 Å². The molecule has 5 aromatic rings. The molecule has 2 fully saturated rings. The fraction of sp³-hybridized carbons (Fsp3) is 0.263. The summed E-state index contributed by atoms with van der Waals surface area (Å²) < 4.78 is 19.8. The van der Waals surface area contributed by atoms with Gasteiger partial charge < -0.3 is 30.3 Å². The highest BCUT2D eigenvalue weighted by Crippen LogP contribution is 2.46. The van der Waals surface area contributed by atoms with Gasteiger partial charge in [-0.2, -0.15) is 0 Å². The summed E-state index contributed by atoms with van der Waals surface area (Å²) in [6.07, 6.45) is 4.34. The highest BCUT2D eigenvalue weighted by atomic mass is 32.1. The second-order valence-electron chi connectivity index (χ2n) is 13.3. The topological polar surface area (TPSA) is 124 Å². The Morgan fingerprint density at radius 3 is 2.53 bits per heavy atom. The number of nitrogens with zero attached hydrogens (tertiary/aromatic N) is 3. The van der Waals surface area contributed by atoms with Crippen LogP contribution < -0.4 is 20.4 Å². The third kappa shape index (κ3) is 6.26. The quantitative estimate of drug-likeness (QED) is 0.157. The van der Waals surface area contributed by atoms with Crippen LogP contribution in [-0.4, -0.2) is 60.7 Å². The molecule has 0 bridgehead atoms. The third-order valence-corrected chi connectivity index (χ3v) is 12.0. The van der Waals surface area contributed by atoms with E-state index in [4.69, 9.17) is 4.74 Å². The number of carbonyl (C=O) groups excluding carboxylic acids is 3. The number of aromatic hydroxyl groups is 1. The molecule has 13 heteroatoms. The van der Waals surface area contributed by atoms with Gasteiger partial charge in [-0.15, -0.1) is 22.7 Å². The normalized spacial score (nSPS) is 16.1. The van der Waals surface area contributed by atoms with Gasteiger partial charge in [0.1, 0.15) is 17.3 Å². The van der Waals surface area contributed by atoms with Crippen molar-refractivity contribution in [2.45, 2.75) is 26.2 Å². The molecule has 0 unspecified atom stereocenters. The molecule has 0 saturated carbocycles. The Balaban J connectivity index is 0.960. The van der Waals surface area contributed by atoms with Crippen molar-refractivity contribution in [3.05, 3.63) is 105 Å². The zero-order valence-corrected chi connectivity index (χ0v) is 29.3. The zero-order chi connectivity index (χ0) is 35.3. The Kier molecular flexibility index (Phi) is 8.57. The molecule has 2 aromatic carbocycles. The Bertz CT molecular complexity index is 2150. The van der Waals surface area contributed by atoms with Gasteiger partial charge in [-0.05, 0) is 97.3 Å². The minimum atomic E-state index is -0.727. The van der Waals surface area contributed by atoms with E-state index in [0.29, 0.717) is 40.5 Å². The lowest BCUT2D eigenvalue weighted by Crippen LogP contribution is -2.59. The number of ether oxygens (including phenoxy) is 1. The minimum Gasteiger partial charge on any atom is -0.506 e. The number of nitrogens with one attached hydrogen (secondary N) is 2. The molecule has 3 aliphatic rings. The van der Waals surface area contributed by atoms with E-state index in [9.17, 15) is 23.9 Å². The van der Waals surface area contributed by atoms with Crippen molar-refractivity contribution in [3.63, 3.8) is 0 Å². The molecule has 3 N–H and O–H groups in total. The van der Waals surface area contributed by atoms with E-state index < -0.39 is 11.7 Å².